The van der Waals surface area contributed by atoms with Crippen molar-refractivity contribution in [2.24, 2.45) is 0 Å². The molecule has 8 heteroatoms. The van der Waals surface area contributed by atoms with E-state index in [1.54, 1.807) is 49.0 Å². The molecule has 0 fully saturated rings. The molecule has 0 aliphatic rings. The summed E-state index contributed by atoms with van der Waals surface area (Å²) >= 11 is 0. The molecule has 0 spiro atoms. The van der Waals surface area contributed by atoms with E-state index in [2.05, 4.69) is 15.6 Å². The van der Waals surface area contributed by atoms with Crippen LogP contribution in [0.3, 0.4) is 0 Å². The van der Waals surface area contributed by atoms with Crippen molar-refractivity contribution in [3.05, 3.63) is 59.2 Å². The van der Waals surface area contributed by atoms with Crippen molar-refractivity contribution < 1.29 is 18.8 Å². The lowest BCUT2D eigenvalue weighted by Crippen LogP contribution is -2.14. The topological polar surface area (TPSA) is 99.2 Å². The Morgan fingerprint density at radius 3 is 2.81 bits per heavy atom. The van der Waals surface area contributed by atoms with Crippen LogP contribution in [0.4, 0.5) is 5.69 Å². The standard InChI is InChI=1S/C19H20N4O4/c1-4-15-17(12(3)27-22-15)18(24)20-13-7-6-8-14(11-13)23-10-9-16(21-23)19(25)26-5-2/h6-11H,4-5H2,1-3H3,(H,20,24). The minimum Gasteiger partial charge on any atom is -0.461 e. The zero-order chi connectivity index (χ0) is 19.4. The van der Waals surface area contributed by atoms with E-state index in [9.17, 15) is 9.59 Å². The number of aromatic nitrogens is 3. The van der Waals surface area contributed by atoms with Gasteiger partial charge >= 0.3 is 5.97 Å². The number of hydrogen-bond acceptors (Lipinski definition) is 6. The molecule has 140 valence electrons. The molecule has 0 atom stereocenters. The SMILES string of the molecule is CCOC(=O)c1ccn(-c2cccc(NC(=O)c3c(CC)noc3C)c2)n1. The molecule has 0 radical (unpaired) electrons. The van der Waals surface area contributed by atoms with E-state index in [0.717, 1.165) is 0 Å². The number of carbonyl (C=O) groups is 2. The summed E-state index contributed by atoms with van der Waals surface area (Å²) in [5, 5.41) is 11.0. The predicted molar refractivity (Wildman–Crippen MR) is 98.1 cm³/mol. The van der Waals surface area contributed by atoms with Crippen molar-refractivity contribution in [2.75, 3.05) is 11.9 Å². The summed E-state index contributed by atoms with van der Waals surface area (Å²) in [6.07, 6.45) is 2.26. The fourth-order valence-corrected chi connectivity index (χ4v) is 2.65. The van der Waals surface area contributed by atoms with Crippen LogP contribution in [0.1, 0.15) is 46.1 Å². The molecule has 3 aromatic rings. The second-order valence-corrected chi connectivity index (χ2v) is 5.78. The first-order valence-corrected chi connectivity index (χ1v) is 8.63. The Morgan fingerprint density at radius 1 is 1.26 bits per heavy atom. The van der Waals surface area contributed by atoms with Gasteiger partial charge in [0.05, 0.1) is 18.0 Å². The summed E-state index contributed by atoms with van der Waals surface area (Å²) < 4.78 is 11.6. The normalized spacial score (nSPS) is 10.6. The van der Waals surface area contributed by atoms with Crippen molar-refractivity contribution >= 4 is 17.6 Å². The van der Waals surface area contributed by atoms with E-state index in [4.69, 9.17) is 9.26 Å². The first-order valence-electron chi connectivity index (χ1n) is 8.63. The average molecular weight is 368 g/mol. The molecule has 0 saturated carbocycles. The molecule has 1 aromatic carbocycles. The Kier molecular flexibility index (Phi) is 5.35. The van der Waals surface area contributed by atoms with Gasteiger partial charge in [0, 0.05) is 11.9 Å². The first-order chi connectivity index (χ1) is 13.0. The van der Waals surface area contributed by atoms with Gasteiger partial charge in [-0.1, -0.05) is 18.1 Å². The lowest BCUT2D eigenvalue weighted by atomic mass is 10.1. The van der Waals surface area contributed by atoms with E-state index < -0.39 is 5.97 Å². The van der Waals surface area contributed by atoms with Crippen molar-refractivity contribution in [1.82, 2.24) is 14.9 Å². The van der Waals surface area contributed by atoms with E-state index in [1.807, 2.05) is 13.0 Å². The van der Waals surface area contributed by atoms with E-state index in [1.165, 1.54) is 0 Å². The zero-order valence-electron chi connectivity index (χ0n) is 15.4. The summed E-state index contributed by atoms with van der Waals surface area (Å²) in [7, 11) is 0. The van der Waals surface area contributed by atoms with Gasteiger partial charge in [0.15, 0.2) is 5.69 Å². The Balaban J connectivity index is 1.81. The number of esters is 1. The summed E-state index contributed by atoms with van der Waals surface area (Å²) in [5.41, 5.74) is 2.58. The Morgan fingerprint density at radius 2 is 2.07 bits per heavy atom. The maximum atomic E-state index is 12.6. The third-order valence-electron chi connectivity index (χ3n) is 3.94. The van der Waals surface area contributed by atoms with Crippen molar-refractivity contribution in [3.8, 4) is 5.69 Å². The highest BCUT2D eigenvalue weighted by atomic mass is 16.5. The van der Waals surface area contributed by atoms with Crippen LogP contribution in [0.5, 0.6) is 0 Å². The average Bonchev–Trinajstić information content (AvgIpc) is 3.29. The summed E-state index contributed by atoms with van der Waals surface area (Å²) in [5.74, 6) is -0.280. The number of nitrogens with zero attached hydrogens (tertiary/aromatic N) is 3. The molecule has 0 saturated heterocycles. The van der Waals surface area contributed by atoms with E-state index in [-0.39, 0.29) is 18.2 Å². The molecular formula is C19H20N4O4. The second kappa shape index (κ2) is 7.86. The lowest BCUT2D eigenvalue weighted by molar-refractivity contribution is 0.0519. The Hall–Kier alpha value is -3.42. The number of hydrogen-bond donors (Lipinski definition) is 1. The molecule has 1 amide bonds. The van der Waals surface area contributed by atoms with Crippen LogP contribution in [-0.2, 0) is 11.2 Å². The largest absolute Gasteiger partial charge is 0.461 e. The Labute approximate surface area is 156 Å². The molecule has 2 heterocycles. The van der Waals surface area contributed by atoms with E-state index in [0.29, 0.717) is 34.8 Å². The van der Waals surface area contributed by atoms with Gasteiger partial charge in [-0.15, -0.1) is 0 Å². The Bertz CT molecular complexity index is 974. The monoisotopic (exact) mass is 368 g/mol. The molecule has 27 heavy (non-hydrogen) atoms. The number of nitrogens with one attached hydrogen (secondary N) is 1. The lowest BCUT2D eigenvalue weighted by Gasteiger charge is -2.08. The van der Waals surface area contributed by atoms with Crippen molar-refractivity contribution in [1.29, 1.82) is 0 Å². The fourth-order valence-electron chi connectivity index (χ4n) is 2.65. The molecule has 0 bridgehead atoms. The number of benzene rings is 1. The van der Waals surface area contributed by atoms with Crippen LogP contribution >= 0.6 is 0 Å². The van der Waals surface area contributed by atoms with Gasteiger partial charge in [-0.2, -0.15) is 5.10 Å². The smallest absolute Gasteiger partial charge is 0.358 e. The number of ether oxygens (including phenoxy) is 1. The van der Waals surface area contributed by atoms with Gasteiger partial charge in [-0.3, -0.25) is 4.79 Å². The number of anilines is 1. The van der Waals surface area contributed by atoms with Crippen LogP contribution in [-0.4, -0.2) is 33.4 Å². The minimum absolute atomic E-state index is 0.221. The number of rotatable bonds is 6. The molecule has 3 rings (SSSR count). The first kappa shape index (κ1) is 18.4. The van der Waals surface area contributed by atoms with Crippen LogP contribution in [0.25, 0.3) is 5.69 Å². The van der Waals surface area contributed by atoms with Crippen LogP contribution in [0.2, 0.25) is 0 Å². The molecule has 1 N–H and O–H groups in total. The molecule has 2 aromatic heterocycles. The number of carbonyl (C=O) groups excluding carboxylic acids is 2. The van der Waals surface area contributed by atoms with E-state index >= 15 is 0 Å². The molecule has 0 aliphatic heterocycles. The molecule has 0 unspecified atom stereocenters. The van der Waals surface area contributed by atoms with Gasteiger partial charge in [-0.05, 0) is 44.5 Å². The van der Waals surface area contributed by atoms with Gasteiger partial charge in [-0.25, -0.2) is 9.48 Å². The van der Waals surface area contributed by atoms with Crippen LogP contribution in [0, 0.1) is 6.92 Å². The molecular weight excluding hydrogens is 348 g/mol. The van der Waals surface area contributed by atoms with Gasteiger partial charge < -0.3 is 14.6 Å². The fraction of sp³-hybridized carbons (Fsp3) is 0.263. The summed E-state index contributed by atoms with van der Waals surface area (Å²) in [6.45, 7) is 5.64. The second-order valence-electron chi connectivity index (χ2n) is 5.78. The minimum atomic E-state index is -0.476. The maximum Gasteiger partial charge on any atom is 0.358 e. The van der Waals surface area contributed by atoms with Gasteiger partial charge in [0.2, 0.25) is 0 Å². The summed E-state index contributed by atoms with van der Waals surface area (Å²) in [6, 6.07) is 8.72. The molecule has 0 aliphatic carbocycles. The highest BCUT2D eigenvalue weighted by Crippen LogP contribution is 2.19. The van der Waals surface area contributed by atoms with Gasteiger partial charge in [0.1, 0.15) is 11.3 Å². The predicted octanol–water partition coefficient (Wildman–Crippen LogP) is 3.16. The highest BCUT2D eigenvalue weighted by Gasteiger charge is 2.19. The number of amides is 1. The third-order valence-corrected chi connectivity index (χ3v) is 3.94. The third kappa shape index (κ3) is 3.89. The van der Waals surface area contributed by atoms with Crippen LogP contribution < -0.4 is 5.32 Å². The van der Waals surface area contributed by atoms with Crippen molar-refractivity contribution in [2.45, 2.75) is 27.2 Å². The number of aryl methyl sites for hydroxylation is 2. The zero-order valence-corrected chi connectivity index (χ0v) is 15.4. The molecule has 8 nitrogen and oxygen atoms in total. The maximum absolute atomic E-state index is 12.6. The van der Waals surface area contributed by atoms with Crippen molar-refractivity contribution in [3.63, 3.8) is 0 Å². The quantitative estimate of drug-likeness (QED) is 0.671. The van der Waals surface area contributed by atoms with Crippen LogP contribution in [0.15, 0.2) is 41.1 Å². The van der Waals surface area contributed by atoms with Gasteiger partial charge in [0.25, 0.3) is 5.91 Å². The summed E-state index contributed by atoms with van der Waals surface area (Å²) in [4.78, 5) is 24.3. The highest BCUT2D eigenvalue weighted by molar-refractivity contribution is 6.05.